The van der Waals surface area contributed by atoms with E-state index in [0.717, 1.165) is 24.4 Å². The number of furan rings is 1. The number of amides is 3. The van der Waals surface area contributed by atoms with E-state index in [4.69, 9.17) is 14.3 Å². The minimum Gasteiger partial charge on any atom is -0.467 e. The zero-order valence-electron chi connectivity index (χ0n) is 21.7. The maximum atomic E-state index is 13.6. The highest BCUT2D eigenvalue weighted by atomic mass is 16.5. The molecule has 1 atom stereocenters. The van der Waals surface area contributed by atoms with Crippen LogP contribution in [0.5, 0.6) is 0 Å². The van der Waals surface area contributed by atoms with Crippen molar-refractivity contribution in [2.24, 2.45) is 5.10 Å². The number of nitrogens with zero attached hydrogens (tertiary/aromatic N) is 4. The predicted molar refractivity (Wildman–Crippen MR) is 138 cm³/mol. The van der Waals surface area contributed by atoms with Crippen LogP contribution in [0.25, 0.3) is 0 Å². The molecule has 4 rings (SSSR count). The number of aryl methyl sites for hydroxylation is 2. The number of rotatable bonds is 8. The van der Waals surface area contributed by atoms with Gasteiger partial charge in [0.15, 0.2) is 0 Å². The molecule has 9 nitrogen and oxygen atoms in total. The summed E-state index contributed by atoms with van der Waals surface area (Å²) >= 11 is 0. The molecule has 36 heavy (non-hydrogen) atoms. The largest absolute Gasteiger partial charge is 0.467 e. The third-order valence-electron chi connectivity index (χ3n) is 6.69. The standard InChI is InChI=1S/C27H37N5O4/c1-19(2)28-27(34)31(10-9-30-11-14-35-15-12-30)18-26(33)32-24(25-6-5-13-36-25)17-23(29-32)22-8-7-20(3)21(4)16-22/h5-8,13,16,19,24H,9-12,14-15,17-18H2,1-4H3,(H,28,34)/t24-/m1/s1. The van der Waals surface area contributed by atoms with E-state index < -0.39 is 0 Å². The number of hydrogen-bond donors (Lipinski definition) is 1. The van der Waals surface area contributed by atoms with Crippen molar-refractivity contribution < 1.29 is 18.7 Å². The van der Waals surface area contributed by atoms with Gasteiger partial charge in [-0.2, -0.15) is 5.10 Å². The maximum absolute atomic E-state index is 13.6. The number of hydrazone groups is 1. The average molecular weight is 496 g/mol. The highest BCUT2D eigenvalue weighted by molar-refractivity contribution is 6.03. The fourth-order valence-corrected chi connectivity index (χ4v) is 4.45. The molecule has 2 aliphatic heterocycles. The summed E-state index contributed by atoms with van der Waals surface area (Å²) in [5, 5.41) is 9.17. The van der Waals surface area contributed by atoms with Crippen LogP contribution in [0, 0.1) is 13.8 Å². The number of urea groups is 1. The summed E-state index contributed by atoms with van der Waals surface area (Å²) < 4.78 is 11.1. The van der Waals surface area contributed by atoms with Gasteiger partial charge in [0, 0.05) is 38.6 Å². The Kier molecular flexibility index (Phi) is 8.43. The topological polar surface area (TPSA) is 90.6 Å². The first kappa shape index (κ1) is 25.9. The minimum absolute atomic E-state index is 0.0319. The van der Waals surface area contributed by atoms with Gasteiger partial charge >= 0.3 is 6.03 Å². The SMILES string of the molecule is Cc1ccc(C2=NN(C(=O)CN(CCN3CCOCC3)C(=O)NC(C)C)[C@@H](c3ccco3)C2)cc1C. The van der Waals surface area contributed by atoms with Crippen LogP contribution in [0.2, 0.25) is 0 Å². The molecular formula is C27H37N5O4. The monoisotopic (exact) mass is 495 g/mol. The highest BCUT2D eigenvalue weighted by Gasteiger charge is 2.36. The summed E-state index contributed by atoms with van der Waals surface area (Å²) in [6, 6.07) is 9.27. The van der Waals surface area contributed by atoms with Crippen molar-refractivity contribution in [2.75, 3.05) is 45.9 Å². The van der Waals surface area contributed by atoms with Crippen LogP contribution < -0.4 is 5.32 Å². The molecule has 0 unspecified atom stereocenters. The first-order valence-electron chi connectivity index (χ1n) is 12.7. The number of hydrogen-bond acceptors (Lipinski definition) is 6. The third kappa shape index (κ3) is 6.33. The molecule has 1 aromatic carbocycles. The van der Waals surface area contributed by atoms with Crippen molar-refractivity contribution >= 4 is 17.6 Å². The number of carbonyl (C=O) groups is 2. The lowest BCUT2D eigenvalue weighted by molar-refractivity contribution is -0.134. The molecule has 0 spiro atoms. The van der Waals surface area contributed by atoms with E-state index in [1.807, 2.05) is 32.0 Å². The number of nitrogens with one attached hydrogen (secondary N) is 1. The van der Waals surface area contributed by atoms with E-state index in [-0.39, 0.29) is 30.6 Å². The van der Waals surface area contributed by atoms with Gasteiger partial charge in [-0.15, -0.1) is 0 Å². The minimum atomic E-state index is -0.349. The Hall–Kier alpha value is -3.17. The van der Waals surface area contributed by atoms with Crippen molar-refractivity contribution in [2.45, 2.75) is 46.2 Å². The Morgan fingerprint density at radius 2 is 1.94 bits per heavy atom. The van der Waals surface area contributed by atoms with Crippen LogP contribution in [-0.2, 0) is 9.53 Å². The molecular weight excluding hydrogens is 458 g/mol. The number of morpholine rings is 1. The van der Waals surface area contributed by atoms with Gasteiger partial charge in [0.1, 0.15) is 18.3 Å². The number of benzene rings is 1. The molecule has 3 heterocycles. The lowest BCUT2D eigenvalue weighted by Gasteiger charge is -2.31. The lowest BCUT2D eigenvalue weighted by Crippen LogP contribution is -2.50. The molecule has 1 saturated heterocycles. The average Bonchev–Trinajstić information content (AvgIpc) is 3.54. The number of carbonyl (C=O) groups excluding carboxylic acids is 2. The van der Waals surface area contributed by atoms with Gasteiger partial charge in [-0.3, -0.25) is 9.69 Å². The molecule has 1 N–H and O–H groups in total. The van der Waals surface area contributed by atoms with Gasteiger partial charge in [-0.25, -0.2) is 9.80 Å². The van der Waals surface area contributed by atoms with Crippen molar-refractivity contribution in [1.29, 1.82) is 0 Å². The van der Waals surface area contributed by atoms with Gasteiger partial charge in [-0.05, 0) is 62.6 Å². The molecule has 0 bridgehead atoms. The van der Waals surface area contributed by atoms with Gasteiger partial charge in [0.2, 0.25) is 0 Å². The van der Waals surface area contributed by atoms with Gasteiger partial charge in [0.25, 0.3) is 5.91 Å². The quantitative estimate of drug-likeness (QED) is 0.607. The van der Waals surface area contributed by atoms with E-state index in [0.29, 0.717) is 38.5 Å². The zero-order valence-corrected chi connectivity index (χ0v) is 21.7. The Morgan fingerprint density at radius 1 is 1.17 bits per heavy atom. The molecule has 1 aromatic heterocycles. The molecule has 0 radical (unpaired) electrons. The summed E-state index contributed by atoms with van der Waals surface area (Å²) in [5.74, 6) is 0.438. The first-order valence-corrected chi connectivity index (χ1v) is 12.7. The Bertz CT molecular complexity index is 1080. The molecule has 9 heteroatoms. The fraction of sp³-hybridized carbons (Fsp3) is 0.519. The van der Waals surface area contributed by atoms with E-state index >= 15 is 0 Å². The molecule has 2 aliphatic rings. The van der Waals surface area contributed by atoms with Gasteiger partial charge in [0.05, 0.1) is 25.2 Å². The molecule has 1 fully saturated rings. The van der Waals surface area contributed by atoms with E-state index in [1.54, 1.807) is 11.2 Å². The Morgan fingerprint density at radius 3 is 2.61 bits per heavy atom. The lowest BCUT2D eigenvalue weighted by atomic mass is 9.99. The number of ether oxygens (including phenoxy) is 1. The van der Waals surface area contributed by atoms with Crippen molar-refractivity contribution in [3.63, 3.8) is 0 Å². The summed E-state index contributed by atoms with van der Waals surface area (Å²) in [7, 11) is 0. The van der Waals surface area contributed by atoms with Crippen molar-refractivity contribution in [3.05, 3.63) is 59.0 Å². The van der Waals surface area contributed by atoms with Gasteiger partial charge in [-0.1, -0.05) is 12.1 Å². The second-order valence-corrected chi connectivity index (χ2v) is 9.80. The molecule has 194 valence electrons. The van der Waals surface area contributed by atoms with E-state index in [1.165, 1.54) is 16.1 Å². The fourth-order valence-electron chi connectivity index (χ4n) is 4.45. The summed E-state index contributed by atoms with van der Waals surface area (Å²) in [6.45, 7) is 12.0. The molecule has 3 amide bonds. The van der Waals surface area contributed by atoms with Gasteiger partial charge < -0.3 is 19.4 Å². The molecule has 2 aromatic rings. The van der Waals surface area contributed by atoms with Crippen LogP contribution in [-0.4, -0.2) is 84.4 Å². The zero-order chi connectivity index (χ0) is 25.7. The summed E-state index contributed by atoms with van der Waals surface area (Å²) in [5.41, 5.74) is 4.21. The molecule has 0 saturated carbocycles. The van der Waals surface area contributed by atoms with Crippen LogP contribution >= 0.6 is 0 Å². The third-order valence-corrected chi connectivity index (χ3v) is 6.69. The predicted octanol–water partition coefficient (Wildman–Crippen LogP) is 3.33. The van der Waals surface area contributed by atoms with E-state index in [2.05, 4.69) is 36.2 Å². The van der Waals surface area contributed by atoms with E-state index in [9.17, 15) is 9.59 Å². The first-order chi connectivity index (χ1) is 17.3. The maximum Gasteiger partial charge on any atom is 0.318 e. The summed E-state index contributed by atoms with van der Waals surface area (Å²) in [6.07, 6.45) is 2.16. The van der Waals surface area contributed by atoms with Crippen LogP contribution in [0.4, 0.5) is 4.79 Å². The smallest absolute Gasteiger partial charge is 0.318 e. The van der Waals surface area contributed by atoms with Crippen LogP contribution in [0.15, 0.2) is 46.1 Å². The normalized spacial score (nSPS) is 18.4. The Labute approximate surface area is 213 Å². The van der Waals surface area contributed by atoms with Crippen LogP contribution in [0.1, 0.15) is 48.8 Å². The second kappa shape index (κ2) is 11.7. The van der Waals surface area contributed by atoms with Crippen molar-refractivity contribution in [3.8, 4) is 0 Å². The summed E-state index contributed by atoms with van der Waals surface area (Å²) in [4.78, 5) is 30.4. The highest BCUT2D eigenvalue weighted by Crippen LogP contribution is 2.33. The Balaban J connectivity index is 1.53. The molecule has 0 aliphatic carbocycles. The second-order valence-electron chi connectivity index (χ2n) is 9.80. The van der Waals surface area contributed by atoms with Crippen LogP contribution in [0.3, 0.4) is 0 Å². The van der Waals surface area contributed by atoms with Crippen molar-refractivity contribution in [1.82, 2.24) is 20.1 Å².